The molecule has 24 heavy (non-hydrogen) atoms. The van der Waals surface area contributed by atoms with E-state index in [9.17, 15) is 4.79 Å². The van der Waals surface area contributed by atoms with Gasteiger partial charge in [-0.05, 0) is 35.8 Å². The van der Waals surface area contributed by atoms with Gasteiger partial charge in [-0.1, -0.05) is 45.9 Å². The summed E-state index contributed by atoms with van der Waals surface area (Å²) in [6, 6.07) is 0. The molecule has 2 aromatic rings. The molecule has 128 valence electrons. The summed E-state index contributed by atoms with van der Waals surface area (Å²) in [6.45, 7) is 8.09. The van der Waals surface area contributed by atoms with Crippen LogP contribution < -0.4 is 0 Å². The number of carbonyl (C=O) groups is 1. The molecule has 0 saturated carbocycles. The first-order chi connectivity index (χ1) is 11.4. The molecule has 3 rings (SSSR count). The zero-order valence-electron chi connectivity index (χ0n) is 14.8. The van der Waals surface area contributed by atoms with Gasteiger partial charge in [-0.3, -0.25) is 4.79 Å². The maximum Gasteiger partial charge on any atom is 0.188 e. The van der Waals surface area contributed by atoms with Crippen molar-refractivity contribution in [2.24, 2.45) is 5.41 Å². The Kier molecular flexibility index (Phi) is 5.11. The predicted molar refractivity (Wildman–Crippen MR) is 102 cm³/mol. The second-order valence-electron chi connectivity index (χ2n) is 7.30. The van der Waals surface area contributed by atoms with Crippen molar-refractivity contribution in [3.05, 3.63) is 27.6 Å². The van der Waals surface area contributed by atoms with Gasteiger partial charge in [0.05, 0.1) is 11.4 Å². The Hall–Kier alpha value is -1.20. The van der Waals surface area contributed by atoms with Crippen molar-refractivity contribution in [3.8, 4) is 11.3 Å². The van der Waals surface area contributed by atoms with Gasteiger partial charge in [-0.2, -0.15) is 0 Å². The van der Waals surface area contributed by atoms with Crippen molar-refractivity contribution in [2.45, 2.75) is 58.5 Å². The maximum atomic E-state index is 12.1. The van der Waals surface area contributed by atoms with Crippen LogP contribution in [-0.4, -0.2) is 21.5 Å². The van der Waals surface area contributed by atoms with E-state index < -0.39 is 0 Å². The molecule has 1 aliphatic carbocycles. The van der Waals surface area contributed by atoms with Crippen LogP contribution in [0.15, 0.2) is 16.7 Å². The molecular formula is C19H24N2OS2. The molecule has 1 aliphatic rings. The first-order valence-electron chi connectivity index (χ1n) is 8.51. The lowest BCUT2D eigenvalue weighted by Crippen LogP contribution is -2.22. The smallest absolute Gasteiger partial charge is 0.188 e. The quantitative estimate of drug-likeness (QED) is 0.558. The summed E-state index contributed by atoms with van der Waals surface area (Å²) < 4.78 is 0. The summed E-state index contributed by atoms with van der Waals surface area (Å²) in [5.41, 5.74) is 4.79. The monoisotopic (exact) mass is 360 g/mol. The normalized spacial score (nSPS) is 13.5. The molecule has 0 amide bonds. The van der Waals surface area contributed by atoms with Crippen LogP contribution in [0.2, 0.25) is 0 Å². The molecule has 0 bridgehead atoms. The number of thiophene rings is 1. The maximum absolute atomic E-state index is 12.1. The van der Waals surface area contributed by atoms with Crippen LogP contribution in [0.5, 0.6) is 0 Å². The highest BCUT2D eigenvalue weighted by molar-refractivity contribution is 7.99. The van der Waals surface area contributed by atoms with Gasteiger partial charge < -0.3 is 0 Å². The Morgan fingerprint density at radius 2 is 2.12 bits per heavy atom. The minimum Gasteiger partial charge on any atom is -0.298 e. The Balaban J connectivity index is 1.87. The fraction of sp³-hybridized carbons (Fsp3) is 0.526. The van der Waals surface area contributed by atoms with Gasteiger partial charge in [0.15, 0.2) is 5.16 Å². The predicted octanol–water partition coefficient (Wildman–Crippen LogP) is 4.96. The van der Waals surface area contributed by atoms with E-state index in [0.717, 1.165) is 31.4 Å². The van der Waals surface area contributed by atoms with Gasteiger partial charge in [-0.15, -0.1) is 11.3 Å². The van der Waals surface area contributed by atoms with Crippen molar-refractivity contribution in [2.75, 3.05) is 5.75 Å². The highest BCUT2D eigenvalue weighted by Crippen LogP contribution is 2.39. The number of carbonyl (C=O) groups excluding carboxylic acids is 1. The molecular weight excluding hydrogens is 336 g/mol. The van der Waals surface area contributed by atoms with Crippen molar-refractivity contribution >= 4 is 28.9 Å². The van der Waals surface area contributed by atoms with Crippen LogP contribution in [0.4, 0.5) is 0 Å². The summed E-state index contributed by atoms with van der Waals surface area (Å²) in [5.74, 6) is 0.664. The topological polar surface area (TPSA) is 42.9 Å². The number of hydrogen-bond donors (Lipinski definition) is 0. The van der Waals surface area contributed by atoms with Crippen LogP contribution in [0, 0.1) is 5.41 Å². The van der Waals surface area contributed by atoms with Crippen LogP contribution in [0.3, 0.4) is 0 Å². The van der Waals surface area contributed by atoms with Crippen molar-refractivity contribution in [3.63, 3.8) is 0 Å². The van der Waals surface area contributed by atoms with Gasteiger partial charge in [0.25, 0.3) is 0 Å². The van der Waals surface area contributed by atoms with E-state index in [0.29, 0.717) is 10.9 Å². The number of aryl methyl sites for hydroxylation is 3. The number of thioether (sulfide) groups is 1. The largest absolute Gasteiger partial charge is 0.298 e. The van der Waals surface area contributed by atoms with Crippen LogP contribution in [0.25, 0.3) is 11.3 Å². The first-order valence-corrected chi connectivity index (χ1v) is 10.4. The van der Waals surface area contributed by atoms with Crippen LogP contribution >= 0.6 is 23.1 Å². The molecule has 0 N–H and O–H groups in total. The zero-order valence-corrected chi connectivity index (χ0v) is 16.4. The zero-order chi connectivity index (χ0) is 17.3. The Morgan fingerprint density at radius 3 is 2.83 bits per heavy atom. The van der Waals surface area contributed by atoms with E-state index in [2.05, 4.69) is 17.3 Å². The summed E-state index contributed by atoms with van der Waals surface area (Å²) in [7, 11) is 0. The number of hydrogen-bond acceptors (Lipinski definition) is 5. The number of aromatic nitrogens is 2. The average Bonchev–Trinajstić information content (AvgIpc) is 2.95. The lowest BCUT2D eigenvalue weighted by atomic mass is 9.92. The van der Waals surface area contributed by atoms with Gasteiger partial charge in [0.1, 0.15) is 5.78 Å². The minimum absolute atomic E-state index is 0.233. The Labute approximate surface area is 152 Å². The van der Waals surface area contributed by atoms with Gasteiger partial charge in [-0.25, -0.2) is 9.97 Å². The molecule has 0 fully saturated rings. The lowest BCUT2D eigenvalue weighted by Gasteiger charge is -2.18. The molecule has 0 saturated heterocycles. The van der Waals surface area contributed by atoms with Gasteiger partial charge >= 0.3 is 0 Å². The van der Waals surface area contributed by atoms with Gasteiger partial charge in [0.2, 0.25) is 0 Å². The number of rotatable bonds is 5. The van der Waals surface area contributed by atoms with E-state index in [-0.39, 0.29) is 11.2 Å². The number of Topliss-reactive ketones (excluding diaryl/α,β-unsaturated/α-hetero) is 1. The number of ketones is 1. The molecule has 0 aliphatic heterocycles. The summed E-state index contributed by atoms with van der Waals surface area (Å²) in [5, 5.41) is 3.01. The van der Waals surface area contributed by atoms with E-state index in [1.807, 2.05) is 38.3 Å². The van der Waals surface area contributed by atoms with Crippen molar-refractivity contribution in [1.29, 1.82) is 0 Å². The second kappa shape index (κ2) is 6.96. The first kappa shape index (κ1) is 17.6. The standard InChI is InChI=1S/C19H24N2OS2/c1-5-6-13-10-23-14-8-7-12-9-20-18(21-17(12)16(13)14)24-11-15(22)19(2,3)4/h9-10H,5-8,11H2,1-4H3. The fourth-order valence-electron chi connectivity index (χ4n) is 2.81. The van der Waals surface area contributed by atoms with Crippen LogP contribution in [-0.2, 0) is 24.1 Å². The third-order valence-corrected chi connectivity index (χ3v) is 6.29. The molecule has 2 heterocycles. The molecule has 0 spiro atoms. The molecule has 0 radical (unpaired) electrons. The van der Waals surface area contributed by atoms with Crippen molar-refractivity contribution in [1.82, 2.24) is 9.97 Å². The van der Waals surface area contributed by atoms with Crippen molar-refractivity contribution < 1.29 is 4.79 Å². The molecule has 2 aromatic heterocycles. The van der Waals surface area contributed by atoms with E-state index >= 15 is 0 Å². The fourth-order valence-corrected chi connectivity index (χ4v) is 4.88. The third kappa shape index (κ3) is 3.57. The highest BCUT2D eigenvalue weighted by Gasteiger charge is 2.24. The SMILES string of the molecule is CCCc1csc2c1-c1nc(SCC(=O)C(C)(C)C)ncc1CC2. The molecule has 0 aromatic carbocycles. The average molecular weight is 361 g/mol. The molecule has 3 nitrogen and oxygen atoms in total. The molecule has 5 heteroatoms. The highest BCUT2D eigenvalue weighted by atomic mass is 32.2. The molecule has 0 atom stereocenters. The lowest BCUT2D eigenvalue weighted by molar-refractivity contribution is -0.123. The number of nitrogens with zero attached hydrogens (tertiary/aromatic N) is 2. The van der Waals surface area contributed by atoms with E-state index in [1.165, 1.54) is 33.3 Å². The second-order valence-corrected chi connectivity index (χ2v) is 9.20. The summed E-state index contributed by atoms with van der Waals surface area (Å²) in [6.07, 6.45) is 6.31. The van der Waals surface area contributed by atoms with Gasteiger partial charge in [0, 0.05) is 22.1 Å². The Bertz CT molecular complexity index is 759. The molecule has 0 unspecified atom stereocenters. The van der Waals surface area contributed by atoms with Crippen LogP contribution in [0.1, 0.15) is 50.1 Å². The number of fused-ring (bicyclic) bond motifs is 3. The van der Waals surface area contributed by atoms with E-state index in [4.69, 9.17) is 4.98 Å². The Morgan fingerprint density at radius 1 is 1.33 bits per heavy atom. The van der Waals surface area contributed by atoms with E-state index in [1.54, 1.807) is 0 Å². The third-order valence-electron chi connectivity index (χ3n) is 4.33. The summed E-state index contributed by atoms with van der Waals surface area (Å²) in [4.78, 5) is 22.9. The minimum atomic E-state index is -0.309. The summed E-state index contributed by atoms with van der Waals surface area (Å²) >= 11 is 3.32.